The Morgan fingerprint density at radius 1 is 1.40 bits per heavy atom. The number of aliphatic hydroxyl groups excluding tert-OH is 1. The van der Waals surface area contributed by atoms with Crippen molar-refractivity contribution in [3.05, 3.63) is 29.8 Å². The SMILES string of the molecule is CC1(C2CC2)NC(=O)N(CC(O)COc2ccc(CC#N)cc2)C1=O. The first-order valence-corrected chi connectivity index (χ1v) is 8.35. The number of nitrogens with one attached hydrogen (secondary N) is 1. The van der Waals surface area contributed by atoms with Crippen molar-refractivity contribution in [2.75, 3.05) is 13.2 Å². The lowest BCUT2D eigenvalue weighted by Crippen LogP contribution is -2.46. The summed E-state index contributed by atoms with van der Waals surface area (Å²) in [7, 11) is 0. The number of carbonyl (C=O) groups is 2. The van der Waals surface area contributed by atoms with E-state index < -0.39 is 17.7 Å². The van der Waals surface area contributed by atoms with Crippen molar-refractivity contribution in [2.24, 2.45) is 5.92 Å². The van der Waals surface area contributed by atoms with E-state index in [1.165, 1.54) is 0 Å². The monoisotopic (exact) mass is 343 g/mol. The van der Waals surface area contributed by atoms with E-state index in [1.54, 1.807) is 31.2 Å². The van der Waals surface area contributed by atoms with E-state index in [9.17, 15) is 14.7 Å². The van der Waals surface area contributed by atoms with Crippen LogP contribution in [0.4, 0.5) is 4.79 Å². The quantitative estimate of drug-likeness (QED) is 0.725. The number of ether oxygens (including phenoxy) is 1. The fourth-order valence-electron chi connectivity index (χ4n) is 3.07. The summed E-state index contributed by atoms with van der Waals surface area (Å²) in [4.78, 5) is 25.6. The summed E-state index contributed by atoms with van der Waals surface area (Å²) < 4.78 is 5.49. The molecule has 7 heteroatoms. The Labute approximate surface area is 146 Å². The summed E-state index contributed by atoms with van der Waals surface area (Å²) in [5.74, 6) is 0.468. The number of aliphatic hydroxyl groups is 1. The summed E-state index contributed by atoms with van der Waals surface area (Å²) in [5.41, 5.74) is 0.0444. The second kappa shape index (κ2) is 6.73. The molecule has 0 aromatic heterocycles. The van der Waals surface area contributed by atoms with Crippen molar-refractivity contribution >= 4 is 11.9 Å². The molecule has 25 heavy (non-hydrogen) atoms. The van der Waals surface area contributed by atoms with E-state index in [1.807, 2.05) is 0 Å². The van der Waals surface area contributed by atoms with Gasteiger partial charge >= 0.3 is 6.03 Å². The fourth-order valence-corrected chi connectivity index (χ4v) is 3.07. The van der Waals surface area contributed by atoms with Crippen LogP contribution in [0, 0.1) is 17.2 Å². The minimum absolute atomic E-state index is 0.0329. The minimum Gasteiger partial charge on any atom is -0.491 e. The predicted octanol–water partition coefficient (Wildman–Crippen LogP) is 1.21. The van der Waals surface area contributed by atoms with E-state index in [2.05, 4.69) is 11.4 Å². The van der Waals surface area contributed by atoms with Crippen LogP contribution in [0.15, 0.2) is 24.3 Å². The third kappa shape index (κ3) is 3.59. The van der Waals surface area contributed by atoms with Crippen LogP contribution < -0.4 is 10.1 Å². The maximum absolute atomic E-state index is 12.5. The number of nitriles is 1. The molecule has 2 N–H and O–H groups in total. The van der Waals surface area contributed by atoms with Crippen LogP contribution in [-0.2, 0) is 11.2 Å². The summed E-state index contributed by atoms with van der Waals surface area (Å²) in [5, 5.41) is 21.5. The van der Waals surface area contributed by atoms with Crippen LogP contribution >= 0.6 is 0 Å². The van der Waals surface area contributed by atoms with Crippen LogP contribution in [0.25, 0.3) is 0 Å². The van der Waals surface area contributed by atoms with Gasteiger partial charge in [0.15, 0.2) is 0 Å². The molecule has 1 saturated heterocycles. The average Bonchev–Trinajstić information content (AvgIpc) is 3.41. The highest BCUT2D eigenvalue weighted by Crippen LogP contribution is 2.42. The summed E-state index contributed by atoms with van der Waals surface area (Å²) in [6.07, 6.45) is 1.22. The van der Waals surface area contributed by atoms with Crippen LogP contribution in [-0.4, -0.2) is 46.7 Å². The fraction of sp³-hybridized carbons (Fsp3) is 0.500. The van der Waals surface area contributed by atoms with Gasteiger partial charge in [-0.05, 0) is 43.4 Å². The first-order valence-electron chi connectivity index (χ1n) is 8.35. The lowest BCUT2D eigenvalue weighted by molar-refractivity contribution is -0.132. The van der Waals surface area contributed by atoms with Crippen molar-refractivity contribution < 1.29 is 19.4 Å². The third-order valence-electron chi connectivity index (χ3n) is 4.74. The predicted molar refractivity (Wildman–Crippen MR) is 88.6 cm³/mol. The zero-order valence-corrected chi connectivity index (χ0v) is 14.1. The highest BCUT2D eigenvalue weighted by molar-refractivity contribution is 6.07. The minimum atomic E-state index is -0.977. The highest BCUT2D eigenvalue weighted by Gasteiger charge is 2.56. The number of carbonyl (C=O) groups excluding carboxylic acids is 2. The standard InChI is InChI=1S/C18H21N3O4/c1-18(13-4-5-13)16(23)21(17(24)20-18)10-14(22)11-25-15-6-2-12(3-7-15)8-9-19/h2-3,6-7,13-14,22H,4-5,8,10-11H2,1H3,(H,20,24). The highest BCUT2D eigenvalue weighted by atomic mass is 16.5. The number of benzene rings is 1. The summed E-state index contributed by atoms with van der Waals surface area (Å²) in [6, 6.07) is 8.61. The van der Waals surface area contributed by atoms with Gasteiger partial charge in [-0.1, -0.05) is 12.1 Å². The van der Waals surface area contributed by atoms with Crippen LogP contribution in [0.1, 0.15) is 25.3 Å². The van der Waals surface area contributed by atoms with E-state index >= 15 is 0 Å². The van der Waals surface area contributed by atoms with Crippen molar-refractivity contribution in [3.8, 4) is 11.8 Å². The van der Waals surface area contributed by atoms with Crippen molar-refractivity contribution in [1.29, 1.82) is 5.26 Å². The average molecular weight is 343 g/mol. The first-order chi connectivity index (χ1) is 11.9. The molecule has 0 bridgehead atoms. The molecule has 132 valence electrons. The number of hydrogen-bond acceptors (Lipinski definition) is 5. The molecule has 0 spiro atoms. The normalized spacial score (nSPS) is 24.0. The molecule has 2 fully saturated rings. The smallest absolute Gasteiger partial charge is 0.325 e. The zero-order valence-electron chi connectivity index (χ0n) is 14.1. The Morgan fingerprint density at radius 3 is 2.68 bits per heavy atom. The maximum Gasteiger partial charge on any atom is 0.325 e. The number of imide groups is 1. The third-order valence-corrected chi connectivity index (χ3v) is 4.74. The van der Waals surface area contributed by atoms with Crippen molar-refractivity contribution in [2.45, 2.75) is 37.8 Å². The molecule has 3 rings (SSSR count). The molecule has 1 saturated carbocycles. The van der Waals surface area contributed by atoms with Gasteiger partial charge in [0.1, 0.15) is 24.0 Å². The molecule has 2 atom stereocenters. The number of nitrogens with zero attached hydrogens (tertiary/aromatic N) is 2. The van der Waals surface area contributed by atoms with Gasteiger partial charge in [-0.2, -0.15) is 5.26 Å². The van der Waals surface area contributed by atoms with Crippen LogP contribution in [0.3, 0.4) is 0 Å². The number of urea groups is 1. The molecule has 1 aliphatic carbocycles. The van der Waals surface area contributed by atoms with Gasteiger partial charge in [0.05, 0.1) is 19.0 Å². The topological polar surface area (TPSA) is 103 Å². The Morgan fingerprint density at radius 2 is 2.08 bits per heavy atom. The maximum atomic E-state index is 12.5. The number of amides is 3. The second-order valence-electron chi connectivity index (χ2n) is 6.77. The van der Waals surface area contributed by atoms with Gasteiger partial charge in [0.2, 0.25) is 0 Å². The Kier molecular flexibility index (Phi) is 4.64. The van der Waals surface area contributed by atoms with E-state index in [0.29, 0.717) is 12.2 Å². The van der Waals surface area contributed by atoms with Gasteiger partial charge in [-0.3, -0.25) is 9.69 Å². The first kappa shape index (κ1) is 17.2. The molecular weight excluding hydrogens is 322 g/mol. The molecule has 2 aliphatic rings. The Bertz CT molecular complexity index is 708. The molecule has 1 heterocycles. The van der Waals surface area contributed by atoms with Crippen LogP contribution in [0.5, 0.6) is 5.75 Å². The lowest BCUT2D eigenvalue weighted by Gasteiger charge is -2.22. The molecular formula is C18H21N3O4. The largest absolute Gasteiger partial charge is 0.491 e. The van der Waals surface area contributed by atoms with Crippen molar-refractivity contribution in [3.63, 3.8) is 0 Å². The number of β-amino-alcohol motifs (C(OH)–C–C–N with tert-alkyl or cyclic N) is 1. The molecule has 1 aliphatic heterocycles. The Balaban J connectivity index is 1.52. The molecule has 7 nitrogen and oxygen atoms in total. The molecule has 2 unspecified atom stereocenters. The Hall–Kier alpha value is -2.59. The lowest BCUT2D eigenvalue weighted by atomic mass is 9.96. The molecule has 1 aromatic carbocycles. The second-order valence-corrected chi connectivity index (χ2v) is 6.77. The van der Waals surface area contributed by atoms with Gasteiger partial charge in [-0.25, -0.2) is 4.79 Å². The van der Waals surface area contributed by atoms with E-state index in [-0.39, 0.29) is 25.0 Å². The molecule has 3 amide bonds. The number of hydrogen-bond donors (Lipinski definition) is 2. The molecule has 0 radical (unpaired) electrons. The summed E-state index contributed by atoms with van der Waals surface area (Å²) in [6.45, 7) is 1.62. The van der Waals surface area contributed by atoms with Gasteiger partial charge in [0.25, 0.3) is 5.91 Å². The van der Waals surface area contributed by atoms with Gasteiger partial charge in [0, 0.05) is 0 Å². The summed E-state index contributed by atoms with van der Waals surface area (Å²) >= 11 is 0. The van der Waals surface area contributed by atoms with Crippen molar-refractivity contribution in [1.82, 2.24) is 10.2 Å². The number of rotatable bonds is 7. The van der Waals surface area contributed by atoms with E-state index in [4.69, 9.17) is 10.00 Å². The molecule has 1 aromatic rings. The zero-order chi connectivity index (χ0) is 18.0. The van der Waals surface area contributed by atoms with Gasteiger partial charge in [-0.15, -0.1) is 0 Å². The van der Waals surface area contributed by atoms with E-state index in [0.717, 1.165) is 23.3 Å². The van der Waals surface area contributed by atoms with Crippen LogP contribution in [0.2, 0.25) is 0 Å². The van der Waals surface area contributed by atoms with Gasteiger partial charge < -0.3 is 15.2 Å².